The van der Waals surface area contributed by atoms with Gasteiger partial charge in [-0.25, -0.2) is 0 Å². The van der Waals surface area contributed by atoms with Crippen molar-refractivity contribution in [3.05, 3.63) is 69.1 Å². The van der Waals surface area contributed by atoms with Gasteiger partial charge in [-0.3, -0.25) is 0 Å². The van der Waals surface area contributed by atoms with E-state index in [0.29, 0.717) is 11.5 Å². The minimum absolute atomic E-state index is 0. The molecule has 2 nitrogen and oxygen atoms in total. The van der Waals surface area contributed by atoms with E-state index in [1.54, 1.807) is 30.3 Å². The van der Waals surface area contributed by atoms with Crippen molar-refractivity contribution in [2.24, 2.45) is 0 Å². The number of phenols is 2. The molecule has 0 spiro atoms. The molecule has 0 aliphatic carbocycles. The quantitative estimate of drug-likeness (QED) is 0.584. The second-order valence-corrected chi connectivity index (χ2v) is 6.21. The topological polar surface area (TPSA) is 40.5 Å². The highest BCUT2D eigenvalue weighted by molar-refractivity contribution is 9.10. The summed E-state index contributed by atoms with van der Waals surface area (Å²) < 4.78 is 1.96. The first-order valence-electron chi connectivity index (χ1n) is 5.95. The highest BCUT2D eigenvalue weighted by Crippen LogP contribution is 2.23. The molecule has 0 atom stereocenters. The van der Waals surface area contributed by atoms with E-state index in [2.05, 4.69) is 38.4 Å². The lowest BCUT2D eigenvalue weighted by molar-refractivity contribution is 0.469. The van der Waals surface area contributed by atoms with E-state index in [4.69, 9.17) is 5.11 Å². The molecule has 0 saturated heterocycles. The van der Waals surface area contributed by atoms with E-state index in [-0.39, 0.29) is 7.43 Å². The zero-order valence-electron chi connectivity index (χ0n) is 11.1. The third-order valence-electron chi connectivity index (χ3n) is 2.36. The van der Waals surface area contributed by atoms with Gasteiger partial charge in [0.1, 0.15) is 11.5 Å². The molecule has 0 bridgehead atoms. The van der Waals surface area contributed by atoms with Crippen LogP contribution in [0, 0.1) is 0 Å². The lowest BCUT2D eigenvalue weighted by Gasteiger charge is -2.03. The van der Waals surface area contributed by atoms with Crippen LogP contribution < -0.4 is 0 Å². The first kappa shape index (κ1) is 19.7. The van der Waals surface area contributed by atoms with Gasteiger partial charge in [-0.15, -0.1) is 0 Å². The summed E-state index contributed by atoms with van der Waals surface area (Å²) in [5, 5.41) is 18.2. The van der Waals surface area contributed by atoms with Gasteiger partial charge < -0.3 is 10.2 Å². The molecular weight excluding hydrogens is 396 g/mol. The average molecular weight is 416 g/mol. The van der Waals surface area contributed by atoms with Gasteiger partial charge in [-0.2, -0.15) is 0 Å². The lowest BCUT2D eigenvalue weighted by atomic mass is 10.1. The Labute approximate surface area is 143 Å². The number of hydrogen-bond acceptors (Lipinski definition) is 2. The molecule has 0 amide bonds. The van der Waals surface area contributed by atoms with Gasteiger partial charge in [0.15, 0.2) is 0 Å². The molecule has 0 radical (unpaired) electrons. The van der Waals surface area contributed by atoms with E-state index in [1.165, 1.54) is 0 Å². The van der Waals surface area contributed by atoms with E-state index >= 15 is 0 Å². The van der Waals surface area contributed by atoms with Crippen LogP contribution in [0.3, 0.4) is 0 Å². The standard InChI is InChI=1S/C10H11BrO.C6H5BrO.CH4/c1-7(2)5-8-6-9(11)3-4-10(8)12;7-5-1-3-6(8)4-2-5;/h3-4,6,12H,1,5H2,2H3;1-4,8H;1H4. The number of allylic oxidation sites excluding steroid dienone is 1. The van der Waals surface area contributed by atoms with Crippen molar-refractivity contribution in [1.82, 2.24) is 0 Å². The predicted molar refractivity (Wildman–Crippen MR) is 96.9 cm³/mol. The maximum Gasteiger partial charge on any atom is 0.119 e. The maximum absolute atomic E-state index is 9.42. The third-order valence-corrected chi connectivity index (χ3v) is 3.38. The monoisotopic (exact) mass is 414 g/mol. The molecule has 0 unspecified atom stereocenters. The van der Waals surface area contributed by atoms with Gasteiger partial charge in [-0.1, -0.05) is 51.4 Å². The van der Waals surface area contributed by atoms with Crippen molar-refractivity contribution in [3.8, 4) is 11.5 Å². The molecule has 0 aliphatic heterocycles. The fourth-order valence-corrected chi connectivity index (χ4v) is 2.13. The molecule has 4 heteroatoms. The van der Waals surface area contributed by atoms with Gasteiger partial charge in [0, 0.05) is 8.95 Å². The van der Waals surface area contributed by atoms with E-state index in [1.807, 2.05) is 19.1 Å². The van der Waals surface area contributed by atoms with Crippen LogP contribution in [0.2, 0.25) is 0 Å². The fraction of sp³-hybridized carbons (Fsp3) is 0.176. The number of halogens is 2. The maximum atomic E-state index is 9.42. The van der Waals surface area contributed by atoms with Crippen molar-refractivity contribution >= 4 is 31.9 Å². The third kappa shape index (κ3) is 7.93. The Kier molecular flexibility index (Phi) is 9.06. The van der Waals surface area contributed by atoms with Crippen molar-refractivity contribution in [1.29, 1.82) is 0 Å². The molecule has 2 rings (SSSR count). The molecule has 0 saturated carbocycles. The summed E-state index contributed by atoms with van der Waals surface area (Å²) in [5.41, 5.74) is 1.96. The molecule has 2 N–H and O–H groups in total. The number of aromatic hydroxyl groups is 2. The van der Waals surface area contributed by atoms with Crippen LogP contribution in [0.15, 0.2) is 63.6 Å². The zero-order valence-corrected chi connectivity index (χ0v) is 14.3. The fourth-order valence-electron chi connectivity index (χ4n) is 1.46. The van der Waals surface area contributed by atoms with Gasteiger partial charge >= 0.3 is 0 Å². The Bertz CT molecular complexity index is 557. The SMILES string of the molecule is C.C=C(C)Cc1cc(Br)ccc1O.Oc1ccc(Br)cc1. The van der Waals surface area contributed by atoms with E-state index < -0.39 is 0 Å². The summed E-state index contributed by atoms with van der Waals surface area (Å²) in [6.45, 7) is 5.74. The highest BCUT2D eigenvalue weighted by Gasteiger charge is 2.01. The molecule has 0 fully saturated rings. The molecule has 0 aromatic heterocycles. The number of hydrogen-bond donors (Lipinski definition) is 2. The first-order valence-corrected chi connectivity index (χ1v) is 7.53. The van der Waals surface area contributed by atoms with Crippen molar-refractivity contribution in [3.63, 3.8) is 0 Å². The van der Waals surface area contributed by atoms with Gasteiger partial charge in [0.2, 0.25) is 0 Å². The Balaban J connectivity index is 0.000000390. The summed E-state index contributed by atoms with van der Waals surface area (Å²) in [4.78, 5) is 0. The van der Waals surface area contributed by atoms with Crippen molar-refractivity contribution in [2.75, 3.05) is 0 Å². The second kappa shape index (κ2) is 9.64. The molecule has 0 heterocycles. The van der Waals surface area contributed by atoms with Crippen molar-refractivity contribution < 1.29 is 10.2 Å². The average Bonchev–Trinajstić information content (AvgIpc) is 2.38. The smallest absolute Gasteiger partial charge is 0.119 e. The van der Waals surface area contributed by atoms with Crippen LogP contribution in [0.25, 0.3) is 0 Å². The number of rotatable bonds is 2. The van der Waals surface area contributed by atoms with Crippen LogP contribution in [0.4, 0.5) is 0 Å². The molecule has 0 aliphatic rings. The Morgan fingerprint density at radius 2 is 1.52 bits per heavy atom. The van der Waals surface area contributed by atoms with Gasteiger partial charge in [0.05, 0.1) is 0 Å². The largest absolute Gasteiger partial charge is 0.508 e. The van der Waals surface area contributed by atoms with E-state index in [0.717, 1.165) is 26.5 Å². The van der Waals surface area contributed by atoms with Gasteiger partial charge in [0.25, 0.3) is 0 Å². The Morgan fingerprint density at radius 3 is 2.00 bits per heavy atom. The Morgan fingerprint density at radius 1 is 1.00 bits per heavy atom. The minimum atomic E-state index is 0. The summed E-state index contributed by atoms with van der Waals surface area (Å²) in [5.74, 6) is 0.634. The number of benzene rings is 2. The summed E-state index contributed by atoms with van der Waals surface area (Å²) >= 11 is 6.58. The lowest BCUT2D eigenvalue weighted by Crippen LogP contribution is -1.86. The second-order valence-electron chi connectivity index (χ2n) is 4.38. The first-order chi connectivity index (χ1) is 9.38. The molecular formula is C17H20Br2O2. The normalized spacial score (nSPS) is 9.10. The molecule has 2 aromatic carbocycles. The van der Waals surface area contributed by atoms with Crippen LogP contribution in [-0.2, 0) is 6.42 Å². The van der Waals surface area contributed by atoms with Crippen LogP contribution in [0.5, 0.6) is 11.5 Å². The molecule has 21 heavy (non-hydrogen) atoms. The van der Waals surface area contributed by atoms with Crippen LogP contribution in [0.1, 0.15) is 19.9 Å². The predicted octanol–water partition coefficient (Wildman–Crippen LogP) is 6.06. The van der Waals surface area contributed by atoms with Crippen LogP contribution >= 0.6 is 31.9 Å². The summed E-state index contributed by atoms with van der Waals surface area (Å²) in [6, 6.07) is 12.2. The molecule has 2 aromatic rings. The minimum Gasteiger partial charge on any atom is -0.508 e. The summed E-state index contributed by atoms with van der Waals surface area (Å²) in [7, 11) is 0. The summed E-state index contributed by atoms with van der Waals surface area (Å²) in [6.07, 6.45) is 0.727. The van der Waals surface area contributed by atoms with E-state index in [9.17, 15) is 5.11 Å². The number of phenolic OH excluding ortho intramolecular Hbond substituents is 2. The highest BCUT2D eigenvalue weighted by atomic mass is 79.9. The Hall–Kier alpha value is -1.26. The van der Waals surface area contributed by atoms with Crippen LogP contribution in [-0.4, -0.2) is 10.2 Å². The van der Waals surface area contributed by atoms with Crippen molar-refractivity contribution in [2.45, 2.75) is 20.8 Å². The zero-order chi connectivity index (χ0) is 15.1. The molecule has 114 valence electrons. The van der Waals surface area contributed by atoms with Gasteiger partial charge in [-0.05, 0) is 61.4 Å².